The van der Waals surface area contributed by atoms with Crippen LogP contribution >= 0.6 is 0 Å². The van der Waals surface area contributed by atoms with Crippen molar-refractivity contribution in [3.63, 3.8) is 0 Å². The van der Waals surface area contributed by atoms with E-state index < -0.39 is 0 Å². The van der Waals surface area contributed by atoms with Gasteiger partial charge in [0.2, 0.25) is 11.8 Å². The van der Waals surface area contributed by atoms with Gasteiger partial charge in [0.25, 0.3) is 0 Å². The lowest BCUT2D eigenvalue weighted by Gasteiger charge is -2.32. The lowest BCUT2D eigenvalue weighted by Crippen LogP contribution is -2.41. The molecule has 7 heteroatoms. The van der Waals surface area contributed by atoms with E-state index in [9.17, 15) is 4.79 Å². The van der Waals surface area contributed by atoms with Crippen molar-refractivity contribution in [2.75, 3.05) is 33.7 Å². The molecule has 0 unspecified atom stereocenters. The van der Waals surface area contributed by atoms with Crippen LogP contribution in [0.15, 0.2) is 36.9 Å². The molecule has 0 spiro atoms. The zero-order valence-electron chi connectivity index (χ0n) is 14.6. The van der Waals surface area contributed by atoms with Crippen LogP contribution in [0.4, 0.5) is 0 Å². The largest absolute Gasteiger partial charge is 0.436 e. The molecule has 1 fully saturated rings. The van der Waals surface area contributed by atoms with Crippen molar-refractivity contribution in [1.82, 2.24) is 24.8 Å². The first kappa shape index (κ1) is 17.3. The van der Waals surface area contributed by atoms with E-state index in [4.69, 9.17) is 4.74 Å². The van der Waals surface area contributed by atoms with Gasteiger partial charge in [-0.15, -0.1) is 0 Å². The zero-order valence-corrected chi connectivity index (χ0v) is 14.6. The van der Waals surface area contributed by atoms with Gasteiger partial charge in [-0.05, 0) is 31.5 Å². The van der Waals surface area contributed by atoms with Crippen molar-refractivity contribution in [2.24, 2.45) is 0 Å². The summed E-state index contributed by atoms with van der Waals surface area (Å²) in [5.41, 5.74) is 0.841. The molecule has 2 aromatic heterocycles. The van der Waals surface area contributed by atoms with Crippen LogP contribution < -0.4 is 4.74 Å². The fourth-order valence-electron chi connectivity index (χ4n) is 2.97. The minimum absolute atomic E-state index is 0.117. The second-order valence-corrected chi connectivity index (χ2v) is 6.40. The molecule has 1 saturated heterocycles. The molecule has 132 valence electrons. The number of hydrogen-bond donors (Lipinski definition) is 0. The summed E-state index contributed by atoms with van der Waals surface area (Å²) < 4.78 is 5.89. The molecule has 0 N–H and O–H groups in total. The van der Waals surface area contributed by atoms with Crippen LogP contribution in [0.5, 0.6) is 11.6 Å². The summed E-state index contributed by atoms with van der Waals surface area (Å²) in [6.07, 6.45) is 8.70. The van der Waals surface area contributed by atoms with Crippen LogP contribution in [-0.2, 0) is 4.79 Å². The van der Waals surface area contributed by atoms with Gasteiger partial charge in [0.05, 0.1) is 12.7 Å². The Labute approximate surface area is 147 Å². The summed E-state index contributed by atoms with van der Waals surface area (Å²) in [5, 5.41) is 0. The number of carbonyl (C=O) groups is 1. The van der Waals surface area contributed by atoms with Gasteiger partial charge in [0.15, 0.2) is 0 Å². The fraction of sp³-hybridized carbons (Fsp3) is 0.444. The van der Waals surface area contributed by atoms with E-state index in [2.05, 4.69) is 19.9 Å². The van der Waals surface area contributed by atoms with Crippen molar-refractivity contribution < 1.29 is 9.53 Å². The van der Waals surface area contributed by atoms with Crippen molar-refractivity contribution in [3.8, 4) is 11.6 Å². The van der Waals surface area contributed by atoms with Gasteiger partial charge in [-0.1, -0.05) is 0 Å². The van der Waals surface area contributed by atoms with Gasteiger partial charge in [-0.3, -0.25) is 19.7 Å². The molecule has 7 nitrogen and oxygen atoms in total. The van der Waals surface area contributed by atoms with Crippen molar-refractivity contribution >= 4 is 5.91 Å². The highest BCUT2D eigenvalue weighted by Crippen LogP contribution is 2.32. The molecule has 1 aliphatic rings. The van der Waals surface area contributed by atoms with Gasteiger partial charge >= 0.3 is 0 Å². The number of piperidine rings is 1. The maximum absolute atomic E-state index is 12.0. The molecular formula is C18H23N5O2. The Balaban J connectivity index is 1.74. The maximum Gasteiger partial charge on any atom is 0.241 e. The number of hydrogen-bond acceptors (Lipinski definition) is 6. The molecule has 0 saturated carbocycles. The van der Waals surface area contributed by atoms with Crippen LogP contribution in [0.25, 0.3) is 0 Å². The second-order valence-electron chi connectivity index (χ2n) is 6.40. The predicted octanol–water partition coefficient (Wildman–Crippen LogP) is 1.93. The van der Waals surface area contributed by atoms with Crippen LogP contribution in [0.1, 0.15) is 24.5 Å². The van der Waals surface area contributed by atoms with E-state index in [1.807, 2.05) is 12.1 Å². The SMILES string of the molecule is CN(C)C(=O)CN1CCC[C@H](c2nccnc2Oc2cccnc2)C1. The monoisotopic (exact) mass is 341 g/mol. The van der Waals surface area contributed by atoms with Gasteiger partial charge in [0, 0.05) is 45.1 Å². The highest BCUT2D eigenvalue weighted by Gasteiger charge is 2.27. The third-order valence-electron chi connectivity index (χ3n) is 4.29. The third kappa shape index (κ3) is 4.51. The van der Waals surface area contributed by atoms with Gasteiger partial charge in [0.1, 0.15) is 11.4 Å². The van der Waals surface area contributed by atoms with Gasteiger partial charge in [-0.25, -0.2) is 4.98 Å². The zero-order chi connectivity index (χ0) is 17.6. The summed E-state index contributed by atoms with van der Waals surface area (Å²) in [5.74, 6) is 1.47. The summed E-state index contributed by atoms with van der Waals surface area (Å²) in [6, 6.07) is 3.66. The Kier molecular flexibility index (Phi) is 5.55. The van der Waals surface area contributed by atoms with E-state index in [1.54, 1.807) is 43.8 Å². The molecule has 2 aromatic rings. The number of likely N-dealkylation sites (tertiary alicyclic amines) is 1. The first-order valence-electron chi connectivity index (χ1n) is 8.45. The van der Waals surface area contributed by atoms with Gasteiger partial charge < -0.3 is 9.64 Å². The number of nitrogens with zero attached hydrogens (tertiary/aromatic N) is 5. The Morgan fingerprint density at radius 2 is 2.16 bits per heavy atom. The minimum atomic E-state index is 0.117. The molecule has 0 bridgehead atoms. The van der Waals surface area contributed by atoms with Crippen LogP contribution in [0, 0.1) is 0 Å². The molecule has 0 aromatic carbocycles. The summed E-state index contributed by atoms with van der Waals surface area (Å²) in [4.78, 5) is 28.7. The fourth-order valence-corrected chi connectivity index (χ4v) is 2.97. The van der Waals surface area contributed by atoms with Crippen LogP contribution in [-0.4, -0.2) is 64.4 Å². The topological polar surface area (TPSA) is 71.5 Å². The normalized spacial score (nSPS) is 17.9. The first-order valence-corrected chi connectivity index (χ1v) is 8.45. The molecular weight excluding hydrogens is 318 g/mol. The summed E-state index contributed by atoms with van der Waals surface area (Å²) >= 11 is 0. The molecule has 3 rings (SSSR count). The van der Waals surface area contributed by atoms with E-state index in [0.29, 0.717) is 18.2 Å². The second kappa shape index (κ2) is 8.02. The first-order chi connectivity index (χ1) is 12.1. The number of likely N-dealkylation sites (N-methyl/N-ethyl adjacent to an activating group) is 1. The number of carbonyl (C=O) groups excluding carboxylic acids is 1. The van der Waals surface area contributed by atoms with Crippen LogP contribution in [0.2, 0.25) is 0 Å². The lowest BCUT2D eigenvalue weighted by molar-refractivity contribution is -0.130. The average Bonchev–Trinajstić information content (AvgIpc) is 2.63. The number of aromatic nitrogens is 3. The molecule has 3 heterocycles. The maximum atomic E-state index is 12.0. The molecule has 1 aliphatic heterocycles. The number of rotatable bonds is 5. The lowest BCUT2D eigenvalue weighted by atomic mass is 9.94. The summed E-state index contributed by atoms with van der Waals surface area (Å²) in [7, 11) is 3.57. The summed E-state index contributed by atoms with van der Waals surface area (Å²) in [6.45, 7) is 2.14. The van der Waals surface area contributed by atoms with Crippen molar-refractivity contribution in [2.45, 2.75) is 18.8 Å². The highest BCUT2D eigenvalue weighted by atomic mass is 16.5. The van der Waals surface area contributed by atoms with Crippen molar-refractivity contribution in [3.05, 3.63) is 42.6 Å². The van der Waals surface area contributed by atoms with Gasteiger partial charge in [-0.2, -0.15) is 0 Å². The Morgan fingerprint density at radius 1 is 1.32 bits per heavy atom. The molecule has 1 amide bonds. The Hall–Kier alpha value is -2.54. The Morgan fingerprint density at radius 3 is 2.92 bits per heavy atom. The molecule has 0 radical (unpaired) electrons. The average molecular weight is 341 g/mol. The van der Waals surface area contributed by atoms with E-state index in [0.717, 1.165) is 31.6 Å². The van der Waals surface area contributed by atoms with E-state index >= 15 is 0 Å². The van der Waals surface area contributed by atoms with Crippen LogP contribution in [0.3, 0.4) is 0 Å². The Bertz CT molecular complexity index is 708. The van der Waals surface area contributed by atoms with Crippen molar-refractivity contribution in [1.29, 1.82) is 0 Å². The predicted molar refractivity (Wildman–Crippen MR) is 93.5 cm³/mol. The smallest absolute Gasteiger partial charge is 0.241 e. The number of pyridine rings is 1. The quantitative estimate of drug-likeness (QED) is 0.827. The molecule has 25 heavy (non-hydrogen) atoms. The standard InChI is InChI=1S/C18H23N5O2/c1-22(2)16(24)13-23-10-4-5-14(12-23)17-18(21-9-8-20-17)25-15-6-3-7-19-11-15/h3,6-9,11,14H,4-5,10,12-13H2,1-2H3/t14-/m0/s1. The number of ether oxygens (including phenoxy) is 1. The third-order valence-corrected chi connectivity index (χ3v) is 4.29. The molecule has 1 atom stereocenters. The molecule has 0 aliphatic carbocycles. The highest BCUT2D eigenvalue weighted by molar-refractivity contribution is 5.77. The van der Waals surface area contributed by atoms with E-state index in [1.165, 1.54) is 0 Å². The number of amides is 1. The minimum Gasteiger partial charge on any atom is -0.436 e. The van der Waals surface area contributed by atoms with E-state index in [-0.39, 0.29) is 11.8 Å².